The second-order valence-corrected chi connectivity index (χ2v) is 9.92. The lowest BCUT2D eigenvalue weighted by Gasteiger charge is -2.20. The largest absolute Gasteiger partial charge is 0.493 e. The minimum atomic E-state index is -0.716. The lowest BCUT2D eigenvalue weighted by Crippen LogP contribution is -2.15. The normalized spacial score (nSPS) is 11.6. The molecule has 2 aromatic carbocycles. The zero-order valence-corrected chi connectivity index (χ0v) is 22.3. The van der Waals surface area contributed by atoms with Crippen LogP contribution in [0.3, 0.4) is 0 Å². The number of ether oxygens (including phenoxy) is 3. The standard InChI is InChI=1S/C27H23Cl2FN2O4S/c1-34-23-9-7-16(11-25(23)35-2)24(12-18-19(28)14-31-15-20(18)29)36-27(33)26-10-8-17(37-26)13-32-22-6-4-3-5-21(22)30/h3-11,14-15,24,32H,12-13H2,1-2H3/p+1/t24-/m0/s1. The van der Waals surface area contributed by atoms with Gasteiger partial charge in [0.2, 0.25) is 0 Å². The van der Waals surface area contributed by atoms with Crippen molar-refractivity contribution in [3.63, 3.8) is 0 Å². The summed E-state index contributed by atoms with van der Waals surface area (Å²) >= 11 is 14.0. The monoisotopic (exact) mass is 561 g/mol. The number of halogens is 3. The summed E-state index contributed by atoms with van der Waals surface area (Å²) in [6.07, 6.45) is 2.75. The lowest BCUT2D eigenvalue weighted by molar-refractivity contribution is -0.377. The number of hydrogen-bond acceptors (Lipinski definition) is 6. The van der Waals surface area contributed by atoms with Crippen LogP contribution in [-0.4, -0.2) is 20.2 Å². The van der Waals surface area contributed by atoms with Crippen molar-refractivity contribution in [2.45, 2.75) is 19.1 Å². The van der Waals surface area contributed by atoms with E-state index in [1.165, 1.54) is 24.5 Å². The highest BCUT2D eigenvalue weighted by Gasteiger charge is 2.24. The Bertz CT molecular complexity index is 1380. The number of methoxy groups -OCH3 is 2. The number of H-pyrrole nitrogens is 1. The van der Waals surface area contributed by atoms with Crippen molar-refractivity contribution in [1.29, 1.82) is 0 Å². The first-order valence-corrected chi connectivity index (χ1v) is 12.8. The van der Waals surface area contributed by atoms with E-state index in [0.717, 1.165) is 4.88 Å². The molecule has 4 rings (SSSR count). The van der Waals surface area contributed by atoms with Crippen molar-refractivity contribution in [1.82, 2.24) is 0 Å². The van der Waals surface area contributed by atoms with Crippen molar-refractivity contribution in [3.05, 3.63) is 104 Å². The van der Waals surface area contributed by atoms with E-state index in [9.17, 15) is 9.18 Å². The molecule has 10 heteroatoms. The molecule has 2 heterocycles. The number of thiophene rings is 1. The van der Waals surface area contributed by atoms with Gasteiger partial charge >= 0.3 is 5.97 Å². The van der Waals surface area contributed by atoms with Gasteiger partial charge in [-0.05, 0) is 42.0 Å². The number of aromatic nitrogens is 1. The number of benzene rings is 2. The number of aromatic amines is 1. The van der Waals surface area contributed by atoms with Gasteiger partial charge in [-0.1, -0.05) is 41.4 Å². The van der Waals surface area contributed by atoms with E-state index in [2.05, 4.69) is 10.3 Å². The summed E-state index contributed by atoms with van der Waals surface area (Å²) in [7, 11) is 3.08. The van der Waals surface area contributed by atoms with Crippen LogP contribution in [0.25, 0.3) is 0 Å². The number of nitrogens with one attached hydrogen (secondary N) is 2. The third-order valence-corrected chi connectivity index (χ3v) is 7.34. The minimum absolute atomic E-state index is 0.237. The van der Waals surface area contributed by atoms with E-state index >= 15 is 0 Å². The molecule has 2 aromatic heterocycles. The summed E-state index contributed by atoms with van der Waals surface area (Å²) in [5.41, 5.74) is 1.71. The molecule has 0 spiro atoms. The molecular formula is C27H24Cl2FN2O4S+. The molecule has 1 atom stereocenters. The van der Waals surface area contributed by atoms with Crippen LogP contribution in [0.5, 0.6) is 11.5 Å². The first-order valence-electron chi connectivity index (χ1n) is 11.2. The Morgan fingerprint density at radius 3 is 2.46 bits per heavy atom. The number of anilines is 1. The van der Waals surface area contributed by atoms with Gasteiger partial charge in [-0.25, -0.2) is 14.2 Å². The molecule has 0 amide bonds. The van der Waals surface area contributed by atoms with Crippen molar-refractivity contribution < 1.29 is 28.4 Å². The number of esters is 1. The zero-order chi connectivity index (χ0) is 26.4. The molecular weight excluding hydrogens is 538 g/mol. The molecule has 2 N–H and O–H groups in total. The molecule has 0 unspecified atom stereocenters. The van der Waals surface area contributed by atoms with Gasteiger partial charge in [0, 0.05) is 23.4 Å². The molecule has 0 radical (unpaired) electrons. The van der Waals surface area contributed by atoms with Crippen LogP contribution in [0.15, 0.2) is 67.0 Å². The predicted molar refractivity (Wildman–Crippen MR) is 142 cm³/mol. The Kier molecular flexibility index (Phi) is 8.87. The first-order chi connectivity index (χ1) is 17.9. The molecule has 0 aliphatic rings. The Hall–Kier alpha value is -3.33. The molecule has 4 aromatic rings. The number of carbonyl (C=O) groups excluding carboxylic acids is 1. The van der Waals surface area contributed by atoms with Gasteiger partial charge in [-0.3, -0.25) is 0 Å². The summed E-state index contributed by atoms with van der Waals surface area (Å²) in [5.74, 6) is 0.202. The van der Waals surface area contributed by atoms with Gasteiger partial charge < -0.3 is 19.5 Å². The summed E-state index contributed by atoms with van der Waals surface area (Å²) in [6, 6.07) is 15.2. The Labute approximate surface area is 227 Å². The Morgan fingerprint density at radius 2 is 1.76 bits per heavy atom. The second-order valence-electron chi connectivity index (χ2n) is 7.94. The molecule has 192 valence electrons. The van der Waals surface area contributed by atoms with Crippen LogP contribution in [0.4, 0.5) is 10.1 Å². The molecule has 0 saturated heterocycles. The molecule has 6 nitrogen and oxygen atoms in total. The van der Waals surface area contributed by atoms with Gasteiger partial charge in [0.25, 0.3) is 0 Å². The number of carbonyl (C=O) groups is 1. The summed E-state index contributed by atoms with van der Waals surface area (Å²) in [5, 5.41) is 3.89. The molecule has 0 saturated carbocycles. The van der Waals surface area contributed by atoms with Gasteiger partial charge in [-0.2, -0.15) is 0 Å². The molecule has 0 bridgehead atoms. The SMILES string of the molecule is COc1ccc([C@H](Cc2c(Cl)c[nH+]cc2Cl)OC(=O)c2ccc(CNc3ccccc3F)s2)cc1OC. The van der Waals surface area contributed by atoms with Gasteiger partial charge in [0.05, 0.1) is 19.9 Å². The van der Waals surface area contributed by atoms with E-state index in [-0.39, 0.29) is 12.2 Å². The topological polar surface area (TPSA) is 70.9 Å². The summed E-state index contributed by atoms with van der Waals surface area (Å²) < 4.78 is 30.6. The second kappa shape index (κ2) is 12.3. The number of para-hydroxylation sites is 1. The van der Waals surface area contributed by atoms with E-state index in [4.69, 9.17) is 37.4 Å². The van der Waals surface area contributed by atoms with Crippen molar-refractivity contribution in [2.24, 2.45) is 0 Å². The van der Waals surface area contributed by atoms with E-state index in [1.54, 1.807) is 68.0 Å². The first kappa shape index (κ1) is 26.7. The maximum atomic E-state index is 13.9. The zero-order valence-electron chi connectivity index (χ0n) is 20.0. The van der Waals surface area contributed by atoms with Crippen molar-refractivity contribution >= 4 is 46.2 Å². The highest BCUT2D eigenvalue weighted by Crippen LogP contribution is 2.35. The fraction of sp³-hybridized carbons (Fsp3) is 0.185. The van der Waals surface area contributed by atoms with Crippen LogP contribution >= 0.6 is 34.5 Å². The molecule has 0 fully saturated rings. The van der Waals surface area contributed by atoms with Crippen molar-refractivity contribution in [3.8, 4) is 11.5 Å². The summed E-state index contributed by atoms with van der Waals surface area (Å²) in [4.78, 5) is 17.3. The predicted octanol–water partition coefficient (Wildman–Crippen LogP) is 6.78. The molecule has 0 aliphatic heterocycles. The van der Waals surface area contributed by atoms with Crippen molar-refractivity contribution in [2.75, 3.05) is 19.5 Å². The average Bonchev–Trinajstić information content (AvgIpc) is 3.38. The third-order valence-electron chi connectivity index (χ3n) is 5.60. The number of pyridine rings is 1. The minimum Gasteiger partial charge on any atom is -0.493 e. The smallest absolute Gasteiger partial charge is 0.348 e. The van der Waals surface area contributed by atoms with Crippen LogP contribution < -0.4 is 19.8 Å². The van der Waals surface area contributed by atoms with Gasteiger partial charge in [0.1, 0.15) is 26.8 Å². The van der Waals surface area contributed by atoms with Crippen LogP contribution in [0.2, 0.25) is 10.0 Å². The van der Waals surface area contributed by atoms with Crippen LogP contribution in [-0.2, 0) is 17.7 Å². The summed E-state index contributed by atoms with van der Waals surface area (Å²) in [6.45, 7) is 0.365. The fourth-order valence-electron chi connectivity index (χ4n) is 3.69. The van der Waals surface area contributed by atoms with Crippen LogP contribution in [0.1, 0.15) is 31.8 Å². The average molecular weight is 562 g/mol. The van der Waals surface area contributed by atoms with Gasteiger partial charge in [0.15, 0.2) is 23.9 Å². The quantitative estimate of drug-likeness (QED) is 0.216. The molecule has 0 aliphatic carbocycles. The van der Waals surface area contributed by atoms with Crippen LogP contribution in [0, 0.1) is 5.82 Å². The number of hydrogen-bond donors (Lipinski definition) is 1. The Morgan fingerprint density at radius 1 is 1.03 bits per heavy atom. The highest BCUT2D eigenvalue weighted by molar-refractivity contribution is 7.13. The maximum absolute atomic E-state index is 13.9. The third kappa shape index (κ3) is 6.52. The number of rotatable bonds is 10. The Balaban J connectivity index is 1.56. The molecule has 37 heavy (non-hydrogen) atoms. The van der Waals surface area contributed by atoms with E-state index in [0.29, 0.717) is 49.8 Å². The highest BCUT2D eigenvalue weighted by atomic mass is 35.5. The fourth-order valence-corrected chi connectivity index (χ4v) is 5.06. The van der Waals surface area contributed by atoms with E-state index < -0.39 is 12.1 Å². The van der Waals surface area contributed by atoms with E-state index in [1.807, 2.05) is 0 Å². The van der Waals surface area contributed by atoms with Gasteiger partial charge in [-0.15, -0.1) is 11.3 Å². The lowest BCUT2D eigenvalue weighted by atomic mass is 10.0. The maximum Gasteiger partial charge on any atom is 0.348 e.